The Morgan fingerprint density at radius 2 is 1.89 bits per heavy atom. The lowest BCUT2D eigenvalue weighted by Crippen LogP contribution is -2.49. The molecule has 0 unspecified atom stereocenters. The lowest BCUT2D eigenvalue weighted by Gasteiger charge is -2.47. The minimum atomic E-state index is -4.00. The van der Waals surface area contributed by atoms with Gasteiger partial charge >= 0.3 is 0 Å². The minimum Gasteiger partial charge on any atom is -0.491 e. The van der Waals surface area contributed by atoms with Gasteiger partial charge in [0.15, 0.2) is 5.82 Å². The number of nitrogens with zero attached hydrogens (tertiary/aromatic N) is 3. The fourth-order valence-corrected chi connectivity index (χ4v) is 8.70. The molecule has 1 amide bonds. The van der Waals surface area contributed by atoms with Gasteiger partial charge < -0.3 is 14.7 Å². The summed E-state index contributed by atoms with van der Waals surface area (Å²) in [5.74, 6) is -0.134. The molecule has 250 valence electrons. The molecular formula is C36H43ClN4O5S. The first-order valence-electron chi connectivity index (χ1n) is 16.5. The average Bonchev–Trinajstić information content (AvgIpc) is 3.21. The van der Waals surface area contributed by atoms with Crippen LogP contribution in [0.4, 0.5) is 5.69 Å². The maximum atomic E-state index is 13.4. The summed E-state index contributed by atoms with van der Waals surface area (Å²) in [5.41, 5.74) is 1.88. The Morgan fingerprint density at radius 1 is 1.11 bits per heavy atom. The van der Waals surface area contributed by atoms with Crippen LogP contribution in [0.15, 0.2) is 67.0 Å². The zero-order chi connectivity index (χ0) is 33.3. The largest absolute Gasteiger partial charge is 0.491 e. The standard InChI is InChI=1S/C36H43ClN4O5S/c1-4-7-25-18-29(37)11-12-30(25)28-21-41-20-27-9-13-31(27)36(43,35-38-16-6-17-39-35)15-5-8-23(2)24(3)47(44,45)40-34(42)26-10-14-33(46-22-28)32(41)19-26/h5-6,10-12,14-19,23-24,27-28,31,43H,4,7-9,13,20-22H2,1-3H3,(H,40,42)/b15-5+/t23-,24+,27-,28-,31+,36+/m0/s1. The molecule has 1 saturated carbocycles. The topological polar surface area (TPSA) is 122 Å². The molecule has 47 heavy (non-hydrogen) atoms. The molecule has 1 aliphatic carbocycles. The third kappa shape index (κ3) is 6.78. The highest BCUT2D eigenvalue weighted by molar-refractivity contribution is 7.90. The number of rotatable bonds is 4. The molecule has 3 aromatic rings. The highest BCUT2D eigenvalue weighted by Crippen LogP contribution is 2.48. The predicted molar refractivity (Wildman–Crippen MR) is 183 cm³/mol. The maximum absolute atomic E-state index is 13.4. The van der Waals surface area contributed by atoms with Crippen molar-refractivity contribution < 1.29 is 23.1 Å². The normalized spacial score (nSPS) is 29.8. The summed E-state index contributed by atoms with van der Waals surface area (Å²) in [4.78, 5) is 24.6. The Balaban J connectivity index is 1.45. The second-order valence-electron chi connectivity index (χ2n) is 13.3. The molecule has 1 aromatic heterocycles. The summed E-state index contributed by atoms with van der Waals surface area (Å²) in [5, 5.41) is 12.2. The van der Waals surface area contributed by atoms with Crippen molar-refractivity contribution >= 4 is 33.2 Å². The molecule has 1 fully saturated rings. The van der Waals surface area contributed by atoms with E-state index in [0.29, 0.717) is 42.7 Å². The van der Waals surface area contributed by atoms with Crippen LogP contribution >= 0.6 is 11.6 Å². The van der Waals surface area contributed by atoms with Gasteiger partial charge in [-0.2, -0.15) is 0 Å². The fraction of sp³-hybridized carbons (Fsp3) is 0.472. The number of hydrogen-bond acceptors (Lipinski definition) is 8. The molecule has 6 atom stereocenters. The number of hydrogen-bond donors (Lipinski definition) is 2. The lowest BCUT2D eigenvalue weighted by atomic mass is 9.64. The van der Waals surface area contributed by atoms with Crippen LogP contribution in [0.1, 0.15) is 79.7 Å². The van der Waals surface area contributed by atoms with Crippen molar-refractivity contribution in [2.45, 2.75) is 69.6 Å². The Hall–Kier alpha value is -3.47. The molecular weight excluding hydrogens is 636 g/mol. The number of aryl methyl sites for hydroxylation is 1. The zero-order valence-corrected chi connectivity index (χ0v) is 28.7. The molecule has 6 rings (SSSR count). The first kappa shape index (κ1) is 33.4. The second kappa shape index (κ2) is 13.6. The van der Waals surface area contributed by atoms with Gasteiger partial charge in [0.1, 0.15) is 11.4 Å². The van der Waals surface area contributed by atoms with Crippen LogP contribution in [-0.4, -0.2) is 54.3 Å². The number of carbonyl (C=O) groups is 1. The van der Waals surface area contributed by atoms with Gasteiger partial charge in [0.25, 0.3) is 5.91 Å². The van der Waals surface area contributed by atoms with Gasteiger partial charge in [0, 0.05) is 47.9 Å². The molecule has 3 aliphatic rings. The number of sulfonamides is 1. The van der Waals surface area contributed by atoms with Crippen molar-refractivity contribution in [3.05, 3.63) is 94.5 Å². The summed E-state index contributed by atoms with van der Waals surface area (Å²) in [6, 6.07) is 12.9. The van der Waals surface area contributed by atoms with E-state index in [1.165, 1.54) is 11.1 Å². The van der Waals surface area contributed by atoms with E-state index in [1.54, 1.807) is 49.7 Å². The predicted octanol–water partition coefficient (Wildman–Crippen LogP) is 6.02. The fourth-order valence-electron chi connectivity index (χ4n) is 7.22. The Morgan fingerprint density at radius 3 is 2.62 bits per heavy atom. The van der Waals surface area contributed by atoms with Crippen molar-refractivity contribution in [2.75, 3.05) is 24.6 Å². The second-order valence-corrected chi connectivity index (χ2v) is 15.8. The summed E-state index contributed by atoms with van der Waals surface area (Å²) in [7, 11) is -4.00. The van der Waals surface area contributed by atoms with Crippen molar-refractivity contribution in [1.29, 1.82) is 0 Å². The molecule has 9 nitrogen and oxygen atoms in total. The number of amides is 1. The van der Waals surface area contributed by atoms with Crippen molar-refractivity contribution in [2.24, 2.45) is 17.8 Å². The molecule has 3 heterocycles. The minimum absolute atomic E-state index is 0.00145. The van der Waals surface area contributed by atoms with Gasteiger partial charge in [-0.05, 0) is 98.0 Å². The maximum Gasteiger partial charge on any atom is 0.264 e. The van der Waals surface area contributed by atoms with Crippen LogP contribution in [0.5, 0.6) is 5.75 Å². The SMILES string of the molecule is CCCc1cc(Cl)ccc1[C@@H]1COc2ccc3cc2N(C1)C[C@@H]1CC[C@H]1[C@@](O)(c1ncccn1)/C=C/C[C@H](C)[C@@H](C)S(=O)(=O)NC3=O. The molecule has 2 aromatic carbocycles. The van der Waals surface area contributed by atoms with E-state index in [9.17, 15) is 18.3 Å². The number of halogens is 1. The van der Waals surface area contributed by atoms with Crippen molar-refractivity contribution in [3.63, 3.8) is 0 Å². The van der Waals surface area contributed by atoms with Gasteiger partial charge in [-0.25, -0.2) is 23.1 Å². The lowest BCUT2D eigenvalue weighted by molar-refractivity contribution is -0.0559. The van der Waals surface area contributed by atoms with E-state index < -0.39 is 26.8 Å². The Kier molecular flexibility index (Phi) is 9.65. The molecule has 0 saturated heterocycles. The number of fused-ring (bicyclic) bond motifs is 2. The summed E-state index contributed by atoms with van der Waals surface area (Å²) >= 11 is 6.42. The average molecular weight is 679 g/mol. The highest BCUT2D eigenvalue weighted by Gasteiger charge is 2.49. The zero-order valence-electron chi connectivity index (χ0n) is 27.1. The van der Waals surface area contributed by atoms with E-state index in [-0.39, 0.29) is 29.2 Å². The van der Waals surface area contributed by atoms with Crippen molar-refractivity contribution in [1.82, 2.24) is 14.7 Å². The molecule has 2 N–H and O–H groups in total. The van der Waals surface area contributed by atoms with Gasteiger partial charge in [0.05, 0.1) is 17.5 Å². The van der Waals surface area contributed by atoms with E-state index in [0.717, 1.165) is 31.4 Å². The van der Waals surface area contributed by atoms with Crippen LogP contribution in [0.25, 0.3) is 0 Å². The Bertz CT molecular complexity index is 1750. The third-order valence-electron chi connectivity index (χ3n) is 10.3. The number of nitrogens with one attached hydrogen (secondary N) is 1. The van der Waals surface area contributed by atoms with Gasteiger partial charge in [-0.15, -0.1) is 0 Å². The number of aromatic nitrogens is 2. The highest BCUT2D eigenvalue weighted by atomic mass is 35.5. The summed E-state index contributed by atoms with van der Waals surface area (Å²) in [6.07, 6.45) is 10.8. The van der Waals surface area contributed by atoms with E-state index >= 15 is 0 Å². The molecule has 11 heteroatoms. The van der Waals surface area contributed by atoms with Crippen molar-refractivity contribution in [3.8, 4) is 5.75 Å². The van der Waals surface area contributed by atoms with Gasteiger partial charge in [-0.1, -0.05) is 44.0 Å². The van der Waals surface area contributed by atoms with Crippen LogP contribution in [0, 0.1) is 17.8 Å². The number of ether oxygens (including phenoxy) is 1. The number of aliphatic hydroxyl groups is 1. The molecule has 0 spiro atoms. The number of benzene rings is 2. The number of anilines is 1. The molecule has 0 radical (unpaired) electrons. The molecule has 2 aliphatic heterocycles. The smallest absolute Gasteiger partial charge is 0.264 e. The summed E-state index contributed by atoms with van der Waals surface area (Å²) < 4.78 is 35.5. The van der Waals surface area contributed by atoms with Crippen LogP contribution < -0.4 is 14.4 Å². The van der Waals surface area contributed by atoms with Crippen LogP contribution in [-0.2, 0) is 22.0 Å². The quantitative estimate of drug-likeness (QED) is 0.321. The monoisotopic (exact) mass is 678 g/mol. The van der Waals surface area contributed by atoms with E-state index in [1.807, 2.05) is 25.1 Å². The van der Waals surface area contributed by atoms with Gasteiger partial charge in [0.2, 0.25) is 10.0 Å². The number of allylic oxidation sites excluding steroid dienone is 1. The van der Waals surface area contributed by atoms with Gasteiger partial charge in [-0.3, -0.25) is 4.79 Å². The number of carbonyl (C=O) groups excluding carboxylic acids is 1. The van der Waals surface area contributed by atoms with Crippen LogP contribution in [0.2, 0.25) is 5.02 Å². The van der Waals surface area contributed by atoms with Crippen LogP contribution in [0.3, 0.4) is 0 Å². The summed E-state index contributed by atoms with van der Waals surface area (Å²) in [6.45, 7) is 7.19. The van der Waals surface area contributed by atoms with E-state index in [4.69, 9.17) is 16.3 Å². The first-order chi connectivity index (χ1) is 22.5. The first-order valence-corrected chi connectivity index (χ1v) is 18.5. The van der Waals surface area contributed by atoms with E-state index in [2.05, 4.69) is 32.6 Å². The molecule has 2 bridgehead atoms. The Labute approximate surface area is 282 Å². The third-order valence-corrected chi connectivity index (χ3v) is 12.4.